The fourth-order valence-electron chi connectivity index (χ4n) is 3.03. The van der Waals surface area contributed by atoms with Gasteiger partial charge in [-0.3, -0.25) is 10.1 Å². The van der Waals surface area contributed by atoms with Crippen molar-refractivity contribution in [2.24, 2.45) is 0 Å². The topological polar surface area (TPSA) is 110 Å². The first-order chi connectivity index (χ1) is 13.4. The third-order valence-corrected chi connectivity index (χ3v) is 7.39. The Morgan fingerprint density at radius 3 is 2.93 bits per heavy atom. The van der Waals surface area contributed by atoms with Gasteiger partial charge >= 0.3 is 5.63 Å². The number of fused-ring (bicyclic) bond motifs is 2. The minimum absolute atomic E-state index is 0.0441. The van der Waals surface area contributed by atoms with Crippen molar-refractivity contribution in [1.82, 2.24) is 9.29 Å². The van der Waals surface area contributed by atoms with Gasteiger partial charge in [0.15, 0.2) is 5.13 Å². The molecule has 1 amide bonds. The molecule has 0 saturated heterocycles. The molecule has 0 fully saturated rings. The van der Waals surface area contributed by atoms with Crippen LogP contribution in [0.2, 0.25) is 0 Å². The lowest BCUT2D eigenvalue weighted by atomic mass is 10.2. The minimum Gasteiger partial charge on any atom is -0.422 e. The van der Waals surface area contributed by atoms with Crippen LogP contribution in [-0.2, 0) is 23.0 Å². The molecule has 1 aromatic carbocycles. The Kier molecular flexibility index (Phi) is 4.77. The molecule has 146 valence electrons. The van der Waals surface area contributed by atoms with Gasteiger partial charge in [-0.1, -0.05) is 18.2 Å². The number of amides is 1. The van der Waals surface area contributed by atoms with Crippen LogP contribution in [-0.4, -0.2) is 35.9 Å². The summed E-state index contributed by atoms with van der Waals surface area (Å²) < 4.78 is 30.8. The predicted molar refractivity (Wildman–Crippen MR) is 106 cm³/mol. The standard InChI is InChI=1S/C18H17N3O5S2/c1-2-28(24,25)21-8-7-13-15(10-21)27-18(19-13)20-16(22)12-9-11-5-3-4-6-14(11)26-17(12)23/h3-6,9H,2,7-8,10H2,1H3,(H,19,20,22). The van der Waals surface area contributed by atoms with Crippen LogP contribution in [0.1, 0.15) is 27.9 Å². The monoisotopic (exact) mass is 419 g/mol. The van der Waals surface area contributed by atoms with Crippen molar-refractivity contribution in [1.29, 1.82) is 0 Å². The molecule has 1 N–H and O–H groups in total. The van der Waals surface area contributed by atoms with Crippen molar-refractivity contribution in [2.45, 2.75) is 19.9 Å². The van der Waals surface area contributed by atoms with E-state index in [-0.39, 0.29) is 17.9 Å². The maximum atomic E-state index is 12.6. The van der Waals surface area contributed by atoms with Crippen molar-refractivity contribution in [2.75, 3.05) is 17.6 Å². The van der Waals surface area contributed by atoms with Crippen molar-refractivity contribution < 1.29 is 17.6 Å². The number of nitrogens with zero attached hydrogens (tertiary/aromatic N) is 2. The average Bonchev–Trinajstić information content (AvgIpc) is 3.08. The Morgan fingerprint density at radius 2 is 2.14 bits per heavy atom. The zero-order valence-corrected chi connectivity index (χ0v) is 16.6. The summed E-state index contributed by atoms with van der Waals surface area (Å²) in [6, 6.07) is 8.42. The minimum atomic E-state index is -3.28. The van der Waals surface area contributed by atoms with Crippen molar-refractivity contribution in [3.8, 4) is 0 Å². The lowest BCUT2D eigenvalue weighted by molar-refractivity contribution is 0.102. The summed E-state index contributed by atoms with van der Waals surface area (Å²) in [6.07, 6.45) is 0.485. The molecule has 0 unspecified atom stereocenters. The summed E-state index contributed by atoms with van der Waals surface area (Å²) in [5, 5.41) is 3.61. The number of hydrogen-bond donors (Lipinski definition) is 1. The number of aromatic nitrogens is 1. The maximum Gasteiger partial charge on any atom is 0.349 e. The Labute approximate surface area is 164 Å². The average molecular weight is 419 g/mol. The van der Waals surface area contributed by atoms with Crippen LogP contribution >= 0.6 is 11.3 Å². The number of rotatable bonds is 4. The summed E-state index contributed by atoms with van der Waals surface area (Å²) in [7, 11) is -3.28. The molecule has 2 aromatic heterocycles. The van der Waals surface area contributed by atoms with Crippen LogP contribution in [0, 0.1) is 0 Å². The van der Waals surface area contributed by atoms with Gasteiger partial charge in [0, 0.05) is 29.8 Å². The van der Waals surface area contributed by atoms with Crippen LogP contribution in [0.4, 0.5) is 5.13 Å². The van der Waals surface area contributed by atoms with E-state index < -0.39 is 21.6 Å². The zero-order valence-electron chi connectivity index (χ0n) is 15.0. The molecule has 0 radical (unpaired) electrons. The first-order valence-electron chi connectivity index (χ1n) is 8.68. The molecule has 0 aliphatic carbocycles. The number of carbonyl (C=O) groups excluding carboxylic acids is 1. The molecule has 28 heavy (non-hydrogen) atoms. The number of hydrogen-bond acceptors (Lipinski definition) is 7. The van der Waals surface area contributed by atoms with Crippen LogP contribution < -0.4 is 10.9 Å². The number of nitrogens with one attached hydrogen (secondary N) is 1. The number of carbonyl (C=O) groups is 1. The van der Waals surface area contributed by atoms with E-state index in [9.17, 15) is 18.0 Å². The number of sulfonamides is 1. The lowest BCUT2D eigenvalue weighted by Crippen LogP contribution is -2.36. The highest BCUT2D eigenvalue weighted by Gasteiger charge is 2.28. The molecule has 0 saturated carbocycles. The fourth-order valence-corrected chi connectivity index (χ4v) is 5.19. The molecule has 3 aromatic rings. The molecular weight excluding hydrogens is 402 g/mol. The summed E-state index contributed by atoms with van der Waals surface area (Å²) in [5.74, 6) is -0.564. The van der Waals surface area contributed by atoms with E-state index in [0.717, 1.165) is 10.6 Å². The largest absolute Gasteiger partial charge is 0.422 e. The lowest BCUT2D eigenvalue weighted by Gasteiger charge is -2.24. The van der Waals surface area contributed by atoms with Gasteiger partial charge in [0.1, 0.15) is 11.1 Å². The first kappa shape index (κ1) is 18.8. The van der Waals surface area contributed by atoms with Crippen LogP contribution in [0.25, 0.3) is 11.0 Å². The van der Waals surface area contributed by atoms with Crippen LogP contribution in [0.15, 0.2) is 39.5 Å². The summed E-state index contributed by atoms with van der Waals surface area (Å²) in [4.78, 5) is 29.9. The van der Waals surface area contributed by atoms with Crippen molar-refractivity contribution in [3.63, 3.8) is 0 Å². The fraction of sp³-hybridized carbons (Fsp3) is 0.278. The van der Waals surface area contributed by atoms with Gasteiger partial charge < -0.3 is 4.42 Å². The quantitative estimate of drug-likeness (QED) is 0.650. The van der Waals surface area contributed by atoms with E-state index in [1.807, 2.05) is 0 Å². The van der Waals surface area contributed by atoms with Gasteiger partial charge in [0.25, 0.3) is 5.91 Å². The SMILES string of the molecule is CCS(=O)(=O)N1CCc2nc(NC(=O)c3cc4ccccc4oc3=O)sc2C1. The van der Waals surface area contributed by atoms with Gasteiger partial charge in [0.2, 0.25) is 10.0 Å². The van der Waals surface area contributed by atoms with E-state index in [2.05, 4.69) is 10.3 Å². The predicted octanol–water partition coefficient (Wildman–Crippen LogP) is 2.21. The van der Waals surface area contributed by atoms with E-state index in [0.29, 0.717) is 29.1 Å². The number of para-hydroxylation sites is 1. The van der Waals surface area contributed by atoms with Crippen molar-refractivity contribution in [3.05, 3.63) is 56.9 Å². The maximum absolute atomic E-state index is 12.6. The second-order valence-corrected chi connectivity index (χ2v) is 9.65. The number of benzene rings is 1. The summed E-state index contributed by atoms with van der Waals surface area (Å²) in [5.41, 5.74) is 0.346. The third-order valence-electron chi connectivity index (χ3n) is 4.56. The Hall–Kier alpha value is -2.56. The van der Waals surface area contributed by atoms with Gasteiger partial charge in [-0.2, -0.15) is 4.31 Å². The highest BCUT2D eigenvalue weighted by molar-refractivity contribution is 7.89. The second-order valence-electron chi connectivity index (χ2n) is 6.31. The van der Waals surface area contributed by atoms with Crippen LogP contribution in [0.3, 0.4) is 0 Å². The van der Waals surface area contributed by atoms with Gasteiger partial charge in [-0.15, -0.1) is 11.3 Å². The highest BCUT2D eigenvalue weighted by atomic mass is 32.2. The molecule has 1 aliphatic rings. The first-order valence-corrected chi connectivity index (χ1v) is 11.1. The molecule has 4 rings (SSSR count). The summed E-state index contributed by atoms with van der Waals surface area (Å²) in [6.45, 7) is 2.23. The van der Waals surface area contributed by atoms with Crippen LogP contribution in [0.5, 0.6) is 0 Å². The third kappa shape index (κ3) is 3.46. The van der Waals surface area contributed by atoms with Crippen molar-refractivity contribution >= 4 is 43.4 Å². The van der Waals surface area contributed by atoms with E-state index in [4.69, 9.17) is 4.42 Å². The molecule has 0 atom stereocenters. The zero-order chi connectivity index (χ0) is 19.9. The molecule has 10 heteroatoms. The molecule has 0 bridgehead atoms. The highest BCUT2D eigenvalue weighted by Crippen LogP contribution is 2.29. The van der Waals surface area contributed by atoms with E-state index >= 15 is 0 Å². The smallest absolute Gasteiger partial charge is 0.349 e. The van der Waals surface area contributed by atoms with E-state index in [1.165, 1.54) is 21.7 Å². The molecule has 3 heterocycles. The Morgan fingerprint density at radius 1 is 1.36 bits per heavy atom. The normalized spacial score (nSPS) is 14.8. The molecule has 0 spiro atoms. The summed E-state index contributed by atoms with van der Waals surface area (Å²) >= 11 is 1.22. The second kappa shape index (κ2) is 7.12. The number of anilines is 1. The van der Waals surface area contributed by atoms with Gasteiger partial charge in [-0.05, 0) is 19.1 Å². The Balaban J connectivity index is 1.57. The molecular formula is C18H17N3O5S2. The Bertz CT molecular complexity index is 1230. The molecule has 8 nitrogen and oxygen atoms in total. The molecule has 1 aliphatic heterocycles. The van der Waals surface area contributed by atoms with Gasteiger partial charge in [-0.25, -0.2) is 18.2 Å². The van der Waals surface area contributed by atoms with Gasteiger partial charge in [0.05, 0.1) is 11.4 Å². The van der Waals surface area contributed by atoms with E-state index in [1.54, 1.807) is 31.2 Å². The number of thiazole rings is 1.